The molecule has 1 aliphatic heterocycles. The summed E-state index contributed by atoms with van der Waals surface area (Å²) in [5, 5.41) is 0. The summed E-state index contributed by atoms with van der Waals surface area (Å²) in [4.78, 5) is 25.1. The van der Waals surface area contributed by atoms with Gasteiger partial charge in [-0.15, -0.1) is 0 Å². The van der Waals surface area contributed by atoms with Gasteiger partial charge in [-0.1, -0.05) is 24.3 Å². The highest BCUT2D eigenvalue weighted by Crippen LogP contribution is 2.31. The summed E-state index contributed by atoms with van der Waals surface area (Å²) in [7, 11) is 0. The predicted octanol–water partition coefficient (Wildman–Crippen LogP) is 4.12. The average molecular weight is 412 g/mol. The first-order valence-corrected chi connectivity index (χ1v) is 9.51. The van der Waals surface area contributed by atoms with Crippen molar-refractivity contribution in [2.45, 2.75) is 6.18 Å². The summed E-state index contributed by atoms with van der Waals surface area (Å²) in [5.41, 5.74) is 1.29. The van der Waals surface area contributed by atoms with E-state index in [0.29, 0.717) is 43.3 Å². The van der Waals surface area contributed by atoms with Gasteiger partial charge in [-0.05, 0) is 41.5 Å². The molecule has 154 valence electrons. The van der Waals surface area contributed by atoms with Crippen LogP contribution in [0.15, 0.2) is 67.0 Å². The lowest BCUT2D eigenvalue weighted by Crippen LogP contribution is -2.49. The minimum absolute atomic E-state index is 0.0670. The second kappa shape index (κ2) is 8.14. The maximum Gasteiger partial charge on any atom is 0.416 e. The van der Waals surface area contributed by atoms with Crippen LogP contribution in [-0.2, 0) is 6.18 Å². The third kappa shape index (κ3) is 4.27. The molecular formula is C22H19F3N4O. The van der Waals surface area contributed by atoms with Crippen molar-refractivity contribution in [3.63, 3.8) is 0 Å². The van der Waals surface area contributed by atoms with E-state index in [0.717, 1.165) is 17.7 Å². The normalized spacial score (nSPS) is 14.6. The molecule has 0 atom stereocenters. The first kappa shape index (κ1) is 19.9. The minimum atomic E-state index is -4.36. The third-order valence-corrected chi connectivity index (χ3v) is 5.08. The molecule has 2 heterocycles. The van der Waals surface area contributed by atoms with E-state index in [2.05, 4.69) is 9.97 Å². The van der Waals surface area contributed by atoms with E-state index in [1.54, 1.807) is 47.6 Å². The van der Waals surface area contributed by atoms with Gasteiger partial charge in [0.15, 0.2) is 0 Å². The summed E-state index contributed by atoms with van der Waals surface area (Å²) < 4.78 is 38.1. The molecule has 1 aromatic heterocycles. The summed E-state index contributed by atoms with van der Waals surface area (Å²) in [5.74, 6) is 0.591. The number of carbonyl (C=O) groups is 1. The van der Waals surface area contributed by atoms with Gasteiger partial charge in [0, 0.05) is 44.1 Å². The van der Waals surface area contributed by atoms with Crippen molar-refractivity contribution in [1.29, 1.82) is 0 Å². The lowest BCUT2D eigenvalue weighted by atomic mass is 10.0. The van der Waals surface area contributed by atoms with Crippen LogP contribution in [0.5, 0.6) is 0 Å². The molecule has 1 aliphatic rings. The van der Waals surface area contributed by atoms with E-state index in [4.69, 9.17) is 0 Å². The monoisotopic (exact) mass is 412 g/mol. The molecule has 1 fully saturated rings. The van der Waals surface area contributed by atoms with Crippen molar-refractivity contribution in [3.8, 4) is 11.1 Å². The van der Waals surface area contributed by atoms with Gasteiger partial charge in [-0.3, -0.25) is 4.79 Å². The molecule has 1 saturated heterocycles. The van der Waals surface area contributed by atoms with Crippen LogP contribution < -0.4 is 4.90 Å². The van der Waals surface area contributed by atoms with Gasteiger partial charge in [0.25, 0.3) is 5.91 Å². The van der Waals surface area contributed by atoms with Crippen LogP contribution >= 0.6 is 0 Å². The molecular weight excluding hydrogens is 393 g/mol. The number of nitrogens with zero attached hydrogens (tertiary/aromatic N) is 4. The molecule has 30 heavy (non-hydrogen) atoms. The Morgan fingerprint density at radius 3 is 1.87 bits per heavy atom. The number of aromatic nitrogens is 2. The van der Waals surface area contributed by atoms with E-state index < -0.39 is 11.7 Å². The number of hydrogen-bond acceptors (Lipinski definition) is 4. The van der Waals surface area contributed by atoms with Gasteiger partial charge in [0.2, 0.25) is 5.95 Å². The SMILES string of the molecule is O=C(c1ccc(-c2ccc(C(F)(F)F)cc2)cc1)N1CCN(c2ncccn2)CC1. The second-order valence-corrected chi connectivity index (χ2v) is 6.98. The molecule has 0 spiro atoms. The van der Waals surface area contributed by atoms with Crippen LogP contribution in [0.4, 0.5) is 19.1 Å². The van der Waals surface area contributed by atoms with Crippen LogP contribution in [0.2, 0.25) is 0 Å². The van der Waals surface area contributed by atoms with E-state index in [1.165, 1.54) is 12.1 Å². The number of halogens is 3. The van der Waals surface area contributed by atoms with Crippen LogP contribution in [-0.4, -0.2) is 47.0 Å². The number of piperazine rings is 1. The van der Waals surface area contributed by atoms with Gasteiger partial charge < -0.3 is 9.80 Å². The fraction of sp³-hybridized carbons (Fsp3) is 0.227. The largest absolute Gasteiger partial charge is 0.416 e. The van der Waals surface area contributed by atoms with E-state index in [-0.39, 0.29) is 5.91 Å². The first-order chi connectivity index (χ1) is 14.4. The quantitative estimate of drug-likeness (QED) is 0.649. The van der Waals surface area contributed by atoms with Crippen LogP contribution in [0, 0.1) is 0 Å². The second-order valence-electron chi connectivity index (χ2n) is 6.98. The predicted molar refractivity (Wildman–Crippen MR) is 107 cm³/mol. The number of hydrogen-bond donors (Lipinski definition) is 0. The molecule has 4 rings (SSSR count). The summed E-state index contributed by atoms with van der Waals surface area (Å²) in [6, 6.07) is 13.7. The number of rotatable bonds is 3. The zero-order valence-electron chi connectivity index (χ0n) is 16.0. The van der Waals surface area contributed by atoms with Crippen molar-refractivity contribution in [2.24, 2.45) is 0 Å². The zero-order chi connectivity index (χ0) is 21.1. The van der Waals surface area contributed by atoms with Crippen LogP contribution in [0.1, 0.15) is 15.9 Å². The van der Waals surface area contributed by atoms with Crippen LogP contribution in [0.25, 0.3) is 11.1 Å². The Balaban J connectivity index is 1.40. The number of carbonyl (C=O) groups excluding carboxylic acids is 1. The van der Waals surface area contributed by atoms with E-state index in [9.17, 15) is 18.0 Å². The fourth-order valence-electron chi connectivity index (χ4n) is 3.40. The fourth-order valence-corrected chi connectivity index (χ4v) is 3.40. The molecule has 3 aromatic rings. The van der Waals surface area contributed by atoms with Gasteiger partial charge in [0.1, 0.15) is 0 Å². The smallest absolute Gasteiger partial charge is 0.337 e. The molecule has 2 aromatic carbocycles. The molecule has 0 unspecified atom stereocenters. The third-order valence-electron chi connectivity index (χ3n) is 5.08. The van der Waals surface area contributed by atoms with E-state index >= 15 is 0 Å². The first-order valence-electron chi connectivity index (χ1n) is 9.51. The Morgan fingerprint density at radius 1 is 0.800 bits per heavy atom. The number of amides is 1. The molecule has 5 nitrogen and oxygen atoms in total. The van der Waals surface area contributed by atoms with Crippen molar-refractivity contribution in [3.05, 3.63) is 78.1 Å². The lowest BCUT2D eigenvalue weighted by Gasteiger charge is -2.34. The molecule has 0 radical (unpaired) electrons. The highest BCUT2D eigenvalue weighted by atomic mass is 19.4. The average Bonchev–Trinajstić information content (AvgIpc) is 2.79. The Kier molecular flexibility index (Phi) is 5.39. The number of anilines is 1. The van der Waals surface area contributed by atoms with Crippen molar-refractivity contribution < 1.29 is 18.0 Å². The summed E-state index contributed by atoms with van der Waals surface area (Å²) in [6.07, 6.45) is -0.971. The highest BCUT2D eigenvalue weighted by Gasteiger charge is 2.30. The standard InChI is InChI=1S/C22H19F3N4O/c23-22(24,25)19-8-6-17(7-9-19)16-2-4-18(5-3-16)20(30)28-12-14-29(15-13-28)21-26-10-1-11-27-21/h1-11H,12-15H2. The Labute approximate surface area is 171 Å². The highest BCUT2D eigenvalue weighted by molar-refractivity contribution is 5.94. The van der Waals surface area contributed by atoms with Gasteiger partial charge in [-0.2, -0.15) is 13.2 Å². The lowest BCUT2D eigenvalue weighted by molar-refractivity contribution is -0.137. The van der Waals surface area contributed by atoms with Crippen molar-refractivity contribution >= 4 is 11.9 Å². The molecule has 8 heteroatoms. The molecule has 1 amide bonds. The Hall–Kier alpha value is -3.42. The number of alkyl halides is 3. The van der Waals surface area contributed by atoms with Crippen molar-refractivity contribution in [1.82, 2.24) is 14.9 Å². The molecule has 0 bridgehead atoms. The molecule has 0 saturated carbocycles. The topological polar surface area (TPSA) is 49.3 Å². The molecule has 0 aliphatic carbocycles. The summed E-state index contributed by atoms with van der Waals surface area (Å²) >= 11 is 0. The number of benzene rings is 2. The van der Waals surface area contributed by atoms with Crippen molar-refractivity contribution in [2.75, 3.05) is 31.1 Å². The minimum Gasteiger partial charge on any atom is -0.337 e. The Bertz CT molecular complexity index is 997. The van der Waals surface area contributed by atoms with Gasteiger partial charge >= 0.3 is 6.18 Å². The zero-order valence-corrected chi connectivity index (χ0v) is 16.0. The van der Waals surface area contributed by atoms with Gasteiger partial charge in [0.05, 0.1) is 5.56 Å². The summed E-state index contributed by atoms with van der Waals surface area (Å²) in [6.45, 7) is 2.44. The van der Waals surface area contributed by atoms with Crippen LogP contribution in [0.3, 0.4) is 0 Å². The molecule has 0 N–H and O–H groups in total. The maximum absolute atomic E-state index is 12.8. The van der Waals surface area contributed by atoms with E-state index in [1.807, 2.05) is 4.90 Å². The Morgan fingerprint density at radius 2 is 1.33 bits per heavy atom. The maximum atomic E-state index is 12.8. The van der Waals surface area contributed by atoms with Gasteiger partial charge in [-0.25, -0.2) is 9.97 Å².